The number of carbonyl (C=O) groups excluding carboxylic acids is 11. The first-order valence-corrected chi connectivity index (χ1v) is 49.1. The first-order valence-electron chi connectivity index (χ1n) is 43.0. The fraction of sp³-hybridized carbons (Fsp3) is 0.682. The summed E-state index contributed by atoms with van der Waals surface area (Å²) in [5.41, 5.74) is -0.105. The van der Waals surface area contributed by atoms with E-state index in [0.717, 1.165) is 57.8 Å². The van der Waals surface area contributed by atoms with Crippen molar-refractivity contribution >= 4 is 112 Å². The standard InChI is InChI=1S/C14H18O7S.C14H20O3.C13H16O7S.C13H18O3.C11H12O6S.C11H14O5S.C8H10O4.C4H6O2/c1-6(2)13(15)19-7(3)14(16)20-11-8-4-9-10(5-8)22(17,18)21-12(9)11;1-9(2)12(15)17-14-6-10-3-11(7-14)5-13(16,4-10)8-14;1-6(2)13(15)18-5-10(14)19-11-7-3-8-9(4-7)21(16,17)20-12(8)11;1-2-11(14)16-13-6-9-3-10(7-13)5-12(15,4-9)8-13;1-4(2)10(12)16-7-6-3-5-9(18(6,14)15)8(7)17-11(5)13;1-5(2)11(12)15-9-6-3-7-8(4-6)17(13,14)16-10(7)9;1-5(2)7(9)12-6-3-4-11-8(6)10;1-3(2)4(5)6/h7-12H,1,4-5H2,2-3H3;10-11,16H,1,3-8H2,2H3;7-9,11-12H,1,3-5H2,2H3;2,9-10,15H,1,3-8H2;5-9H,1,3H2,2H3;6-10H,1,3-4H2,2H3;6H,1,3-4H2,2H3;1H2,2H3,(H,5,6). The molecule has 37 nitrogen and oxygen atoms in total. The second-order valence-corrected chi connectivity index (χ2v) is 46.1. The zero-order chi connectivity index (χ0) is 95.1. The van der Waals surface area contributed by atoms with Crippen molar-refractivity contribution in [3.8, 4) is 0 Å². The fourth-order valence-electron chi connectivity index (χ4n) is 23.2. The predicted octanol–water partition coefficient (Wildman–Crippen LogP) is 5.95. The van der Waals surface area contributed by atoms with Crippen molar-refractivity contribution in [3.05, 3.63) is 97.7 Å². The Balaban J connectivity index is 0.000000136. The molecule has 16 bridgehead atoms. The second kappa shape index (κ2) is 37.3. The summed E-state index contributed by atoms with van der Waals surface area (Å²) < 4.78 is 166. The van der Waals surface area contributed by atoms with Gasteiger partial charge in [-0.1, -0.05) is 52.6 Å². The summed E-state index contributed by atoms with van der Waals surface area (Å²) in [4.78, 5) is 135. The lowest BCUT2D eigenvalue weighted by molar-refractivity contribution is -0.218. The van der Waals surface area contributed by atoms with Crippen LogP contribution in [0.15, 0.2) is 97.7 Å². The van der Waals surface area contributed by atoms with Crippen LogP contribution in [0.2, 0.25) is 0 Å². The highest BCUT2D eigenvalue weighted by molar-refractivity contribution is 7.93. The van der Waals surface area contributed by atoms with E-state index in [0.29, 0.717) is 92.8 Å². The van der Waals surface area contributed by atoms with Crippen LogP contribution in [0.4, 0.5) is 0 Å². The van der Waals surface area contributed by atoms with Crippen molar-refractivity contribution in [2.75, 3.05) is 13.2 Å². The summed E-state index contributed by atoms with van der Waals surface area (Å²) in [7, 11) is -13.9. The van der Waals surface area contributed by atoms with E-state index in [-0.39, 0.29) is 92.6 Å². The number of ether oxygens (including phenoxy) is 11. The molecule has 0 aromatic heterocycles. The van der Waals surface area contributed by atoms with Crippen molar-refractivity contribution in [2.24, 2.45) is 65.1 Å². The second-order valence-electron chi connectivity index (χ2n) is 38.4. The minimum Gasteiger partial charge on any atom is -0.478 e. The lowest BCUT2D eigenvalue weighted by Crippen LogP contribution is -2.60. The molecule has 21 fully saturated rings. The number of aliphatic hydroxyl groups is 2. The third-order valence-corrected chi connectivity index (χ3v) is 35.8. The van der Waals surface area contributed by atoms with Gasteiger partial charge in [-0.3, -0.25) is 17.3 Å². The maximum Gasteiger partial charge on any atom is 0.347 e. The number of carboxylic acids is 1. The predicted molar refractivity (Wildman–Crippen MR) is 446 cm³/mol. The molecule has 0 aromatic rings. The minimum atomic E-state index is -3.54. The molecule has 21 aliphatic rings. The van der Waals surface area contributed by atoms with E-state index in [4.69, 9.17) is 65.0 Å². The molecule has 26 unspecified atom stereocenters. The van der Waals surface area contributed by atoms with Crippen LogP contribution < -0.4 is 0 Å². The van der Waals surface area contributed by atoms with Gasteiger partial charge in [0, 0.05) is 99.9 Å². The van der Waals surface area contributed by atoms with E-state index < -0.39 is 211 Å². The number of sulfone groups is 1. The van der Waals surface area contributed by atoms with E-state index >= 15 is 0 Å². The molecule has 7 saturated heterocycles. The number of carboxylic acid groups (broad SMARTS) is 1. The zero-order valence-corrected chi connectivity index (χ0v) is 76.4. The Labute approximate surface area is 748 Å². The van der Waals surface area contributed by atoms with Crippen molar-refractivity contribution in [1.82, 2.24) is 0 Å². The molecule has 129 heavy (non-hydrogen) atoms. The Bertz CT molecular complexity index is 5130. The highest BCUT2D eigenvalue weighted by atomic mass is 32.2. The molecule has 7 aliphatic heterocycles. The summed E-state index contributed by atoms with van der Waals surface area (Å²) in [5, 5.41) is 25.9. The summed E-state index contributed by atoms with van der Waals surface area (Å²) in [6.45, 7) is 39.3. The summed E-state index contributed by atoms with van der Waals surface area (Å²) in [6, 6.07) is 0. The van der Waals surface area contributed by atoms with Crippen LogP contribution in [0.1, 0.15) is 184 Å². The molecular formula is C88H114O37S4. The molecule has 0 aromatic carbocycles. The molecule has 14 saturated carbocycles. The zero-order valence-electron chi connectivity index (χ0n) is 73.2. The van der Waals surface area contributed by atoms with E-state index in [1.165, 1.54) is 60.5 Å². The largest absolute Gasteiger partial charge is 0.478 e. The van der Waals surface area contributed by atoms with Gasteiger partial charge in [-0.15, -0.1) is 0 Å². The van der Waals surface area contributed by atoms with Crippen molar-refractivity contribution in [2.45, 2.75) is 293 Å². The third kappa shape index (κ3) is 21.0. The van der Waals surface area contributed by atoms with Crippen molar-refractivity contribution in [3.63, 3.8) is 0 Å². The smallest absolute Gasteiger partial charge is 0.347 e. The molecule has 41 heteroatoms. The number of fused-ring (bicyclic) bond motifs is 4. The molecular weight excluding hydrogens is 1780 g/mol. The number of aliphatic carboxylic acids is 1. The van der Waals surface area contributed by atoms with Crippen LogP contribution in [-0.4, -0.2) is 244 Å². The van der Waals surface area contributed by atoms with Crippen molar-refractivity contribution in [1.29, 1.82) is 0 Å². The summed E-state index contributed by atoms with van der Waals surface area (Å²) in [6.07, 6.45) is 9.76. The molecule has 712 valence electrons. The Kier molecular flexibility index (Phi) is 28.7. The SMILES string of the molecule is C=C(C)C(=O)O.C=C(C)C(=O)OC(C)C(=O)OC1C2CC3C1OS(=O)(=O)C3C2.C=C(C)C(=O)OC12CC3CC(CC(O)(C3)C1)C2.C=C(C)C(=O)OC1C2CC3C1OS(=O)(=O)C3C2.C=C(C)C(=O)OC1C2OC(=O)C3CC1S(=O)(=O)C32.C=C(C)C(=O)OC1CCOC1=O.C=C(C)C(=O)OCC(=O)OC1C2CC3C1OS(=O)(=O)C3C2.C=CC(=O)OC12CC3CC(CC(O)(C3)C1)C2. The first kappa shape index (κ1) is 99.2. The molecule has 7 heterocycles. The van der Waals surface area contributed by atoms with E-state index in [1.807, 2.05) is 0 Å². The molecule has 0 radical (unpaired) electrons. The molecule has 14 aliphatic carbocycles. The number of hydrogen-bond donors (Lipinski definition) is 3. The normalized spacial score (nSPS) is 39.3. The number of esters is 11. The molecule has 21 rings (SSSR count). The van der Waals surface area contributed by atoms with E-state index in [2.05, 4.69) is 57.4 Å². The Morgan fingerprint density at radius 3 is 1.22 bits per heavy atom. The van der Waals surface area contributed by atoms with Gasteiger partial charge in [0.2, 0.25) is 6.10 Å². The van der Waals surface area contributed by atoms with Crippen LogP contribution in [0.25, 0.3) is 0 Å². The Morgan fingerprint density at radius 1 is 0.457 bits per heavy atom. The number of hydrogen-bond acceptors (Lipinski definition) is 36. The Morgan fingerprint density at radius 2 is 0.845 bits per heavy atom. The highest BCUT2D eigenvalue weighted by Crippen LogP contribution is 2.63. The maximum atomic E-state index is 12.1. The average molecular weight is 1890 g/mol. The Hall–Kier alpha value is -8.84. The fourth-order valence-corrected chi connectivity index (χ4v) is 31.6. The van der Waals surface area contributed by atoms with Gasteiger partial charge >= 0.3 is 71.6 Å². The van der Waals surface area contributed by atoms with Gasteiger partial charge in [-0.25, -0.2) is 61.2 Å². The highest BCUT2D eigenvalue weighted by Gasteiger charge is 2.73. The number of rotatable bonds is 19. The van der Waals surface area contributed by atoms with Crippen LogP contribution in [0.3, 0.4) is 0 Å². The summed E-state index contributed by atoms with van der Waals surface area (Å²) >= 11 is 0. The maximum absolute atomic E-state index is 12.1. The monoisotopic (exact) mass is 1890 g/mol. The average Bonchev–Trinajstić information content (AvgIpc) is 1.40. The lowest BCUT2D eigenvalue weighted by Gasteiger charge is -2.59. The van der Waals surface area contributed by atoms with Gasteiger partial charge in [0.25, 0.3) is 30.4 Å². The van der Waals surface area contributed by atoms with Gasteiger partial charge in [0.05, 0.1) is 39.5 Å². The molecule has 0 spiro atoms. The lowest BCUT2D eigenvalue weighted by atomic mass is 9.52. The van der Waals surface area contributed by atoms with Crippen LogP contribution in [0, 0.1) is 65.1 Å². The van der Waals surface area contributed by atoms with Crippen molar-refractivity contribution < 1.29 is 171 Å². The summed E-state index contributed by atoms with van der Waals surface area (Å²) in [5.74, 6) is -5.40. The van der Waals surface area contributed by atoms with Gasteiger partial charge in [-0.2, -0.15) is 25.3 Å². The molecule has 3 N–H and O–H groups in total. The minimum absolute atomic E-state index is 0.00284. The van der Waals surface area contributed by atoms with Gasteiger partial charge in [0.1, 0.15) is 58.3 Å². The van der Waals surface area contributed by atoms with Crippen LogP contribution in [-0.2, 0) is 162 Å². The van der Waals surface area contributed by atoms with E-state index in [9.17, 15) is 101 Å². The van der Waals surface area contributed by atoms with Gasteiger partial charge < -0.3 is 67.4 Å². The van der Waals surface area contributed by atoms with Gasteiger partial charge in [-0.05, 0) is 188 Å². The van der Waals surface area contributed by atoms with Gasteiger partial charge in [0.15, 0.2) is 34.8 Å². The number of carbonyl (C=O) groups is 12. The number of cyclic esters (lactones) is 1. The molecule has 0 amide bonds. The van der Waals surface area contributed by atoms with E-state index in [1.54, 1.807) is 13.8 Å². The van der Waals surface area contributed by atoms with Crippen LogP contribution in [0.5, 0.6) is 0 Å². The third-order valence-electron chi connectivity index (χ3n) is 27.8. The quantitative estimate of drug-likeness (QED) is 0.0582. The molecule has 26 atom stereocenters. The van der Waals surface area contributed by atoms with Crippen LogP contribution >= 0.6 is 0 Å². The first-order chi connectivity index (χ1) is 59.9. The topological polar surface area (TPSA) is 531 Å².